The van der Waals surface area contributed by atoms with Crippen molar-refractivity contribution in [2.45, 2.75) is 19.6 Å². The number of methoxy groups -OCH3 is 1. The molecule has 1 atom stereocenters. The van der Waals surface area contributed by atoms with E-state index in [9.17, 15) is 0 Å². The summed E-state index contributed by atoms with van der Waals surface area (Å²) in [6.45, 7) is 2.81. The van der Waals surface area contributed by atoms with Gasteiger partial charge in [0.1, 0.15) is 0 Å². The second-order valence-electron chi connectivity index (χ2n) is 4.56. The van der Waals surface area contributed by atoms with Crippen LogP contribution in [-0.4, -0.2) is 25.2 Å². The summed E-state index contributed by atoms with van der Waals surface area (Å²) in [5, 5.41) is 3.57. The Morgan fingerprint density at radius 2 is 2.18 bits per heavy atom. The predicted octanol–water partition coefficient (Wildman–Crippen LogP) is 2.68. The van der Waals surface area contributed by atoms with Crippen molar-refractivity contribution in [3.05, 3.63) is 35.4 Å². The number of thioether (sulfide) groups is 1. The Hall–Kier alpha value is -0.510. The van der Waals surface area contributed by atoms with Crippen LogP contribution in [0, 0.1) is 5.92 Å². The van der Waals surface area contributed by atoms with Gasteiger partial charge in [-0.15, -0.1) is 0 Å². The number of hydrogen-bond donors (Lipinski definition) is 1. The first kappa shape index (κ1) is 12.9. The lowest BCUT2D eigenvalue weighted by Crippen LogP contribution is -2.22. The quantitative estimate of drug-likeness (QED) is 0.840. The van der Waals surface area contributed by atoms with Crippen LogP contribution in [0.1, 0.15) is 17.5 Å². The van der Waals surface area contributed by atoms with E-state index in [2.05, 4.69) is 41.3 Å². The molecular weight excluding hydrogens is 230 g/mol. The molecule has 1 aromatic rings. The van der Waals surface area contributed by atoms with E-state index >= 15 is 0 Å². The van der Waals surface area contributed by atoms with Crippen LogP contribution >= 0.6 is 11.8 Å². The summed E-state index contributed by atoms with van der Waals surface area (Å²) < 4.78 is 5.22. The summed E-state index contributed by atoms with van der Waals surface area (Å²) in [5.41, 5.74) is 2.66. The highest BCUT2D eigenvalue weighted by Gasteiger charge is 2.14. The van der Waals surface area contributed by atoms with Crippen molar-refractivity contribution in [3.8, 4) is 0 Å². The molecule has 17 heavy (non-hydrogen) atoms. The topological polar surface area (TPSA) is 21.3 Å². The van der Waals surface area contributed by atoms with Gasteiger partial charge in [-0.05, 0) is 41.5 Å². The van der Waals surface area contributed by atoms with Gasteiger partial charge in [0.05, 0.1) is 6.61 Å². The third-order valence-corrected chi connectivity index (χ3v) is 4.42. The van der Waals surface area contributed by atoms with Gasteiger partial charge in [-0.25, -0.2) is 0 Å². The smallest absolute Gasteiger partial charge is 0.0716 e. The fraction of sp³-hybridized carbons (Fsp3) is 0.571. The molecule has 2 rings (SSSR count). The molecule has 0 aliphatic carbocycles. The van der Waals surface area contributed by atoms with Crippen LogP contribution in [0.15, 0.2) is 24.3 Å². The molecule has 1 N–H and O–H groups in total. The molecule has 1 aliphatic rings. The fourth-order valence-electron chi connectivity index (χ4n) is 2.18. The summed E-state index contributed by atoms with van der Waals surface area (Å²) >= 11 is 2.08. The fourth-order valence-corrected chi connectivity index (χ4v) is 3.47. The third kappa shape index (κ3) is 4.02. The zero-order valence-electron chi connectivity index (χ0n) is 10.4. The zero-order valence-corrected chi connectivity index (χ0v) is 11.3. The first-order chi connectivity index (χ1) is 8.40. The summed E-state index contributed by atoms with van der Waals surface area (Å²) in [4.78, 5) is 0. The van der Waals surface area contributed by atoms with E-state index in [0.29, 0.717) is 6.61 Å². The van der Waals surface area contributed by atoms with Crippen LogP contribution in [0.4, 0.5) is 0 Å². The SMILES string of the molecule is COCc1ccccc1CNCC1CCSC1. The standard InChI is InChI=1S/C14H21NOS/c1-16-10-14-5-3-2-4-13(14)9-15-8-12-6-7-17-11-12/h2-5,12,15H,6-11H2,1H3. The molecule has 0 spiro atoms. The predicted molar refractivity (Wildman–Crippen MR) is 74.3 cm³/mol. The molecule has 2 nitrogen and oxygen atoms in total. The molecule has 0 saturated carbocycles. The second kappa shape index (κ2) is 7.04. The minimum absolute atomic E-state index is 0.705. The van der Waals surface area contributed by atoms with E-state index in [1.54, 1.807) is 7.11 Å². The maximum absolute atomic E-state index is 5.22. The average Bonchev–Trinajstić information content (AvgIpc) is 2.85. The lowest BCUT2D eigenvalue weighted by molar-refractivity contribution is 0.184. The second-order valence-corrected chi connectivity index (χ2v) is 5.71. The summed E-state index contributed by atoms with van der Waals surface area (Å²) in [5.74, 6) is 3.54. The molecular formula is C14H21NOS. The highest BCUT2D eigenvalue weighted by atomic mass is 32.2. The van der Waals surface area contributed by atoms with Crippen LogP contribution in [0.5, 0.6) is 0 Å². The van der Waals surface area contributed by atoms with E-state index in [1.165, 1.54) is 29.1 Å². The van der Waals surface area contributed by atoms with Gasteiger partial charge >= 0.3 is 0 Å². The van der Waals surface area contributed by atoms with Gasteiger partial charge in [-0.1, -0.05) is 24.3 Å². The highest BCUT2D eigenvalue weighted by Crippen LogP contribution is 2.22. The van der Waals surface area contributed by atoms with Crippen LogP contribution in [0.2, 0.25) is 0 Å². The molecule has 1 aliphatic heterocycles. The molecule has 0 aromatic heterocycles. The molecule has 3 heteroatoms. The van der Waals surface area contributed by atoms with Crippen molar-refractivity contribution in [1.29, 1.82) is 0 Å². The first-order valence-electron chi connectivity index (χ1n) is 6.24. The Morgan fingerprint density at radius 3 is 2.88 bits per heavy atom. The Kier molecular flexibility index (Phi) is 5.36. The molecule has 0 radical (unpaired) electrons. The molecule has 1 saturated heterocycles. The highest BCUT2D eigenvalue weighted by molar-refractivity contribution is 7.99. The van der Waals surface area contributed by atoms with Crippen LogP contribution < -0.4 is 5.32 Å². The monoisotopic (exact) mass is 251 g/mol. The first-order valence-corrected chi connectivity index (χ1v) is 7.40. The maximum Gasteiger partial charge on any atom is 0.0716 e. The van der Waals surface area contributed by atoms with E-state index in [4.69, 9.17) is 4.74 Å². The molecule has 1 unspecified atom stereocenters. The third-order valence-electron chi connectivity index (χ3n) is 3.19. The van der Waals surface area contributed by atoms with Crippen molar-refractivity contribution in [2.24, 2.45) is 5.92 Å². The van der Waals surface area contributed by atoms with Crippen molar-refractivity contribution < 1.29 is 4.74 Å². The number of rotatable bonds is 6. The number of nitrogens with one attached hydrogen (secondary N) is 1. The zero-order chi connectivity index (χ0) is 11.9. The summed E-state index contributed by atoms with van der Waals surface area (Å²) in [6, 6.07) is 8.50. The molecule has 1 aromatic carbocycles. The van der Waals surface area contributed by atoms with Gasteiger partial charge in [0, 0.05) is 13.7 Å². The molecule has 0 amide bonds. The lowest BCUT2D eigenvalue weighted by atomic mass is 10.1. The average molecular weight is 251 g/mol. The van der Waals surface area contributed by atoms with Crippen molar-refractivity contribution >= 4 is 11.8 Å². The largest absolute Gasteiger partial charge is 0.380 e. The molecule has 1 heterocycles. The van der Waals surface area contributed by atoms with E-state index < -0.39 is 0 Å². The van der Waals surface area contributed by atoms with E-state index in [1.807, 2.05) is 0 Å². The number of hydrogen-bond acceptors (Lipinski definition) is 3. The van der Waals surface area contributed by atoms with Gasteiger partial charge in [-0.2, -0.15) is 11.8 Å². The minimum Gasteiger partial charge on any atom is -0.380 e. The molecule has 1 fully saturated rings. The van der Waals surface area contributed by atoms with Crippen LogP contribution in [0.3, 0.4) is 0 Å². The van der Waals surface area contributed by atoms with Gasteiger partial charge in [-0.3, -0.25) is 0 Å². The van der Waals surface area contributed by atoms with Crippen molar-refractivity contribution in [1.82, 2.24) is 5.32 Å². The van der Waals surface area contributed by atoms with Crippen molar-refractivity contribution in [2.75, 3.05) is 25.2 Å². The summed E-state index contributed by atoms with van der Waals surface area (Å²) in [6.07, 6.45) is 1.37. The van der Waals surface area contributed by atoms with Gasteiger partial charge < -0.3 is 10.1 Å². The maximum atomic E-state index is 5.22. The molecule has 0 bridgehead atoms. The van der Waals surface area contributed by atoms with Crippen LogP contribution in [-0.2, 0) is 17.9 Å². The lowest BCUT2D eigenvalue weighted by Gasteiger charge is -2.12. The Morgan fingerprint density at radius 1 is 1.35 bits per heavy atom. The van der Waals surface area contributed by atoms with E-state index in [-0.39, 0.29) is 0 Å². The normalized spacial score (nSPS) is 19.7. The Balaban J connectivity index is 1.80. The van der Waals surface area contributed by atoms with Gasteiger partial charge in [0.15, 0.2) is 0 Å². The summed E-state index contributed by atoms with van der Waals surface area (Å²) in [7, 11) is 1.75. The van der Waals surface area contributed by atoms with Gasteiger partial charge in [0.25, 0.3) is 0 Å². The number of benzene rings is 1. The van der Waals surface area contributed by atoms with Crippen molar-refractivity contribution in [3.63, 3.8) is 0 Å². The minimum atomic E-state index is 0.705. The van der Waals surface area contributed by atoms with Gasteiger partial charge in [0.2, 0.25) is 0 Å². The Bertz CT molecular complexity index is 337. The Labute approximate surface area is 108 Å². The molecule has 94 valence electrons. The van der Waals surface area contributed by atoms with Crippen LogP contribution in [0.25, 0.3) is 0 Å². The number of ether oxygens (including phenoxy) is 1. The van der Waals surface area contributed by atoms with E-state index in [0.717, 1.165) is 19.0 Å².